The first-order valence-corrected chi connectivity index (χ1v) is 8.68. The molecule has 132 valence electrons. The highest BCUT2D eigenvalue weighted by atomic mass is 35.5. The van der Waals surface area contributed by atoms with E-state index in [-0.39, 0.29) is 32.2 Å². The first-order valence-electron chi connectivity index (χ1n) is 7.54. The molecule has 1 amide bonds. The van der Waals surface area contributed by atoms with Crippen LogP contribution in [-0.4, -0.2) is 42.1 Å². The van der Waals surface area contributed by atoms with Gasteiger partial charge in [0.15, 0.2) is 0 Å². The first kappa shape index (κ1) is 18.1. The van der Waals surface area contributed by atoms with Gasteiger partial charge in [0.25, 0.3) is 5.91 Å². The Bertz CT molecular complexity index is 780. The molecule has 0 unspecified atom stereocenters. The molecule has 0 bridgehead atoms. The molecule has 1 fully saturated rings. The summed E-state index contributed by atoms with van der Waals surface area (Å²) in [5.74, 6) is -1.09. The molecule has 25 heavy (non-hydrogen) atoms. The number of hydrogen-bond acceptors (Lipinski definition) is 3. The third-order valence-electron chi connectivity index (χ3n) is 4.12. The summed E-state index contributed by atoms with van der Waals surface area (Å²) in [6.45, 7) is 2.00. The number of halogens is 4. The Balaban J connectivity index is 1.75. The third kappa shape index (κ3) is 3.64. The summed E-state index contributed by atoms with van der Waals surface area (Å²) < 4.78 is 13.0. The van der Waals surface area contributed by atoms with Gasteiger partial charge in [-0.05, 0) is 30.3 Å². The monoisotopic (exact) mass is 402 g/mol. The predicted octanol–water partition coefficient (Wildman–Crippen LogP) is 4.45. The van der Waals surface area contributed by atoms with Crippen LogP contribution in [0.5, 0.6) is 5.75 Å². The van der Waals surface area contributed by atoms with Gasteiger partial charge in [-0.3, -0.25) is 4.79 Å². The number of aromatic hydroxyl groups is 1. The van der Waals surface area contributed by atoms with E-state index in [1.807, 2.05) is 0 Å². The van der Waals surface area contributed by atoms with Crippen molar-refractivity contribution in [1.82, 2.24) is 4.90 Å². The summed E-state index contributed by atoms with van der Waals surface area (Å²) in [6.07, 6.45) is 0. The van der Waals surface area contributed by atoms with E-state index >= 15 is 0 Å². The molecule has 0 atom stereocenters. The Labute approximate surface area is 159 Å². The van der Waals surface area contributed by atoms with Crippen molar-refractivity contribution in [2.75, 3.05) is 31.1 Å². The lowest BCUT2D eigenvalue weighted by Gasteiger charge is -2.36. The Hall–Kier alpha value is -1.69. The maximum atomic E-state index is 13.0. The van der Waals surface area contributed by atoms with Gasteiger partial charge in [0.2, 0.25) is 0 Å². The Morgan fingerprint density at radius 2 is 1.60 bits per heavy atom. The molecule has 1 N–H and O–H groups in total. The van der Waals surface area contributed by atoms with Crippen LogP contribution in [0, 0.1) is 5.82 Å². The molecular weight excluding hydrogens is 390 g/mol. The number of rotatable bonds is 2. The second kappa shape index (κ2) is 7.28. The van der Waals surface area contributed by atoms with E-state index in [0.717, 1.165) is 5.69 Å². The Kier molecular flexibility index (Phi) is 5.27. The second-order valence-corrected chi connectivity index (χ2v) is 6.83. The van der Waals surface area contributed by atoms with E-state index in [2.05, 4.69) is 4.90 Å². The maximum absolute atomic E-state index is 13.0. The minimum absolute atomic E-state index is 0.0190. The van der Waals surface area contributed by atoms with Crippen molar-refractivity contribution in [3.8, 4) is 5.75 Å². The zero-order chi connectivity index (χ0) is 18.1. The van der Waals surface area contributed by atoms with Crippen LogP contribution in [0.15, 0.2) is 30.3 Å². The van der Waals surface area contributed by atoms with Crippen LogP contribution in [0.2, 0.25) is 15.1 Å². The number of phenols is 1. The molecule has 2 aromatic rings. The molecule has 1 heterocycles. The number of nitrogens with zero attached hydrogens (tertiary/aromatic N) is 2. The van der Waals surface area contributed by atoms with Crippen LogP contribution in [0.3, 0.4) is 0 Å². The molecule has 3 rings (SSSR count). The van der Waals surface area contributed by atoms with Crippen LogP contribution in [0.25, 0.3) is 0 Å². The van der Waals surface area contributed by atoms with Gasteiger partial charge in [-0.25, -0.2) is 4.39 Å². The highest BCUT2D eigenvalue weighted by Crippen LogP contribution is 2.39. The van der Waals surface area contributed by atoms with Crippen LogP contribution < -0.4 is 4.90 Å². The van der Waals surface area contributed by atoms with E-state index in [9.17, 15) is 14.3 Å². The summed E-state index contributed by atoms with van der Waals surface area (Å²) in [7, 11) is 0. The Morgan fingerprint density at radius 1 is 1.00 bits per heavy atom. The lowest BCUT2D eigenvalue weighted by atomic mass is 10.1. The molecule has 0 aliphatic carbocycles. The number of carbonyl (C=O) groups excluding carboxylic acids is 1. The summed E-state index contributed by atoms with van der Waals surface area (Å²) in [5, 5.41) is 10.2. The van der Waals surface area contributed by atoms with Crippen LogP contribution in [0.4, 0.5) is 10.1 Å². The largest absolute Gasteiger partial charge is 0.505 e. The van der Waals surface area contributed by atoms with Crippen LogP contribution in [0.1, 0.15) is 10.4 Å². The second-order valence-electron chi connectivity index (χ2n) is 5.63. The van der Waals surface area contributed by atoms with Crippen molar-refractivity contribution in [3.63, 3.8) is 0 Å². The number of carbonyl (C=O) groups is 1. The molecule has 0 spiro atoms. The average Bonchev–Trinajstić information content (AvgIpc) is 2.61. The van der Waals surface area contributed by atoms with Crippen molar-refractivity contribution in [1.29, 1.82) is 0 Å². The van der Waals surface area contributed by atoms with E-state index in [0.29, 0.717) is 26.2 Å². The molecule has 4 nitrogen and oxygen atoms in total. The smallest absolute Gasteiger partial charge is 0.259 e. The molecule has 0 saturated carbocycles. The number of benzene rings is 2. The van der Waals surface area contributed by atoms with Crippen molar-refractivity contribution in [2.45, 2.75) is 0 Å². The van der Waals surface area contributed by atoms with Gasteiger partial charge < -0.3 is 14.9 Å². The number of phenolic OH excluding ortho intramolecular Hbond substituents is 1. The zero-order valence-electron chi connectivity index (χ0n) is 13.0. The van der Waals surface area contributed by atoms with E-state index in [4.69, 9.17) is 34.8 Å². The van der Waals surface area contributed by atoms with Gasteiger partial charge in [-0.2, -0.15) is 0 Å². The average molecular weight is 404 g/mol. The quantitative estimate of drug-likeness (QED) is 0.753. The summed E-state index contributed by atoms with van der Waals surface area (Å²) >= 11 is 17.9. The molecule has 1 saturated heterocycles. The standard InChI is InChI=1S/C17H14Cl3FN2O2/c18-12-9-13(19)16(24)14(15(12)20)17(25)23-7-5-22(6-8-23)11-3-1-10(21)2-4-11/h1-4,9,24H,5-8H2. The molecule has 2 aromatic carbocycles. The number of amides is 1. The SMILES string of the molecule is O=C(c1c(O)c(Cl)cc(Cl)c1Cl)N1CCN(c2ccc(F)cc2)CC1. The number of hydrogen-bond donors (Lipinski definition) is 1. The fourth-order valence-corrected chi connectivity index (χ4v) is 3.45. The van der Waals surface area contributed by atoms with Gasteiger partial charge in [-0.15, -0.1) is 0 Å². The fraction of sp³-hybridized carbons (Fsp3) is 0.235. The van der Waals surface area contributed by atoms with Gasteiger partial charge in [-0.1, -0.05) is 34.8 Å². The van der Waals surface area contributed by atoms with Crippen molar-refractivity contribution < 1.29 is 14.3 Å². The van der Waals surface area contributed by atoms with Crippen LogP contribution >= 0.6 is 34.8 Å². The normalized spacial score (nSPS) is 14.7. The molecule has 1 aliphatic heterocycles. The van der Waals surface area contributed by atoms with Gasteiger partial charge in [0, 0.05) is 31.9 Å². The molecule has 0 radical (unpaired) electrons. The molecule has 0 aromatic heterocycles. The minimum Gasteiger partial charge on any atom is -0.505 e. The molecular formula is C17H14Cl3FN2O2. The number of anilines is 1. The van der Waals surface area contributed by atoms with Gasteiger partial charge in [0.1, 0.15) is 17.1 Å². The topological polar surface area (TPSA) is 43.8 Å². The summed E-state index contributed by atoms with van der Waals surface area (Å²) in [4.78, 5) is 16.4. The first-order chi connectivity index (χ1) is 11.9. The van der Waals surface area contributed by atoms with Crippen LogP contribution in [-0.2, 0) is 0 Å². The van der Waals surface area contributed by atoms with Crippen molar-refractivity contribution >= 4 is 46.4 Å². The lowest BCUT2D eigenvalue weighted by molar-refractivity contribution is 0.0744. The summed E-state index contributed by atoms with van der Waals surface area (Å²) in [5.41, 5.74) is 0.801. The lowest BCUT2D eigenvalue weighted by Crippen LogP contribution is -2.48. The number of piperazine rings is 1. The van der Waals surface area contributed by atoms with Crippen molar-refractivity contribution in [2.24, 2.45) is 0 Å². The summed E-state index contributed by atoms with van der Waals surface area (Å²) in [6, 6.07) is 7.50. The van der Waals surface area contributed by atoms with Gasteiger partial charge in [0.05, 0.1) is 15.1 Å². The highest BCUT2D eigenvalue weighted by Gasteiger charge is 2.28. The molecule has 8 heteroatoms. The Morgan fingerprint density at radius 3 is 2.20 bits per heavy atom. The van der Waals surface area contributed by atoms with Crippen molar-refractivity contribution in [3.05, 3.63) is 56.8 Å². The van der Waals surface area contributed by atoms with Gasteiger partial charge >= 0.3 is 0 Å². The predicted molar refractivity (Wildman–Crippen MR) is 97.7 cm³/mol. The fourth-order valence-electron chi connectivity index (χ4n) is 2.76. The van der Waals surface area contributed by atoms with E-state index in [1.165, 1.54) is 18.2 Å². The van der Waals surface area contributed by atoms with E-state index in [1.54, 1.807) is 17.0 Å². The molecule has 1 aliphatic rings. The minimum atomic E-state index is -0.425. The maximum Gasteiger partial charge on any atom is 0.259 e. The van der Waals surface area contributed by atoms with E-state index < -0.39 is 5.91 Å². The third-order valence-corrected chi connectivity index (χ3v) is 5.19. The highest BCUT2D eigenvalue weighted by molar-refractivity contribution is 6.45. The zero-order valence-corrected chi connectivity index (χ0v) is 15.2.